The minimum Gasteiger partial charge on any atom is -0.335 e. The molecule has 0 unspecified atom stereocenters. The number of imidazole rings is 1. The molecule has 0 aliphatic rings. The molecule has 2 rings (SSSR count). The summed E-state index contributed by atoms with van der Waals surface area (Å²) in [5.41, 5.74) is 1.91. The van der Waals surface area contributed by atoms with Crippen LogP contribution in [0.25, 0.3) is 11.0 Å². The second-order valence-electron chi connectivity index (χ2n) is 2.05. The van der Waals surface area contributed by atoms with Crippen molar-refractivity contribution in [3.8, 4) is 0 Å². The van der Waals surface area contributed by atoms with Crippen molar-refractivity contribution in [3.05, 3.63) is 24.5 Å². The molecule has 0 aliphatic heterocycles. The van der Waals surface area contributed by atoms with Gasteiger partial charge in [-0.05, 0) is 18.2 Å². The first-order valence-electron chi connectivity index (χ1n) is 2.91. The van der Waals surface area contributed by atoms with Crippen LogP contribution in [-0.2, 0) is 0 Å². The predicted molar refractivity (Wildman–Crippen MR) is 42.2 cm³/mol. The molecular weight excluding hydrogens is 144 g/mol. The van der Waals surface area contributed by atoms with Gasteiger partial charge < -0.3 is 4.98 Å². The summed E-state index contributed by atoms with van der Waals surface area (Å²) in [5, 5.41) is 0. The minimum absolute atomic E-state index is 0.910. The Morgan fingerprint density at radius 3 is 3.30 bits per heavy atom. The van der Waals surface area contributed by atoms with Gasteiger partial charge in [-0.15, -0.1) is 12.6 Å². The lowest BCUT2D eigenvalue weighted by Crippen LogP contribution is -1.68. The summed E-state index contributed by atoms with van der Waals surface area (Å²) in [6.45, 7) is 0. The second-order valence-corrected chi connectivity index (χ2v) is 2.57. The summed E-state index contributed by atoms with van der Waals surface area (Å²) in [6.07, 6.45) is 2.66. The maximum absolute atomic E-state index is 4.17. The van der Waals surface area contributed by atoms with Crippen LogP contribution in [0, 0.1) is 6.33 Å². The van der Waals surface area contributed by atoms with E-state index < -0.39 is 0 Å². The van der Waals surface area contributed by atoms with Gasteiger partial charge in [0.25, 0.3) is 0 Å². The quantitative estimate of drug-likeness (QED) is 0.548. The second kappa shape index (κ2) is 2.02. The predicted octanol–water partition coefficient (Wildman–Crippen LogP) is 1.65. The molecule has 0 saturated carbocycles. The molecule has 49 valence electrons. The van der Waals surface area contributed by atoms with Gasteiger partial charge in [0.2, 0.25) is 0 Å². The van der Waals surface area contributed by atoms with Crippen LogP contribution in [0.2, 0.25) is 0 Å². The van der Waals surface area contributed by atoms with E-state index in [9.17, 15) is 0 Å². The van der Waals surface area contributed by atoms with Crippen LogP contribution in [-0.4, -0.2) is 9.97 Å². The van der Waals surface area contributed by atoms with E-state index in [-0.39, 0.29) is 0 Å². The van der Waals surface area contributed by atoms with Crippen molar-refractivity contribution in [1.82, 2.24) is 9.97 Å². The maximum atomic E-state index is 4.17. The minimum atomic E-state index is 0.910. The van der Waals surface area contributed by atoms with Crippen LogP contribution in [0.1, 0.15) is 0 Å². The zero-order chi connectivity index (χ0) is 6.97. The van der Waals surface area contributed by atoms with Crippen molar-refractivity contribution in [3.63, 3.8) is 0 Å². The van der Waals surface area contributed by atoms with Crippen LogP contribution >= 0.6 is 12.6 Å². The van der Waals surface area contributed by atoms with Gasteiger partial charge in [0, 0.05) is 4.90 Å². The first kappa shape index (κ1) is 5.80. The van der Waals surface area contributed by atoms with Crippen molar-refractivity contribution in [2.24, 2.45) is 0 Å². The van der Waals surface area contributed by atoms with Crippen LogP contribution in [0.15, 0.2) is 23.1 Å². The highest BCUT2D eigenvalue weighted by atomic mass is 32.1. The number of rotatable bonds is 0. The van der Waals surface area contributed by atoms with Crippen LogP contribution < -0.4 is 0 Å². The third-order valence-electron chi connectivity index (χ3n) is 1.35. The summed E-state index contributed by atoms with van der Waals surface area (Å²) in [7, 11) is 0. The van der Waals surface area contributed by atoms with Crippen molar-refractivity contribution >= 4 is 23.7 Å². The van der Waals surface area contributed by atoms with E-state index in [4.69, 9.17) is 0 Å². The molecule has 1 aromatic carbocycles. The first-order chi connectivity index (χ1) is 4.86. The van der Waals surface area contributed by atoms with Gasteiger partial charge >= 0.3 is 0 Å². The Bertz CT molecular complexity index is 353. The van der Waals surface area contributed by atoms with E-state index in [1.165, 1.54) is 0 Å². The Morgan fingerprint density at radius 1 is 1.50 bits per heavy atom. The summed E-state index contributed by atoms with van der Waals surface area (Å²) in [5.74, 6) is 0. The number of fused-ring (bicyclic) bond motifs is 1. The molecule has 0 saturated heterocycles. The number of nitrogens with zero attached hydrogens (tertiary/aromatic N) is 1. The molecule has 0 spiro atoms. The summed E-state index contributed by atoms with van der Waals surface area (Å²) >= 11 is 4.17. The molecule has 2 aromatic rings. The Morgan fingerprint density at radius 2 is 2.40 bits per heavy atom. The number of aromatic amines is 1. The largest absolute Gasteiger partial charge is 0.335 e. The van der Waals surface area contributed by atoms with Gasteiger partial charge in [-0.3, -0.25) is 0 Å². The fraction of sp³-hybridized carbons (Fsp3) is 0. The number of thiol groups is 1. The molecule has 1 N–H and O–H groups in total. The first-order valence-corrected chi connectivity index (χ1v) is 3.36. The molecule has 1 aromatic heterocycles. The molecule has 0 atom stereocenters. The van der Waals surface area contributed by atoms with Crippen molar-refractivity contribution in [2.75, 3.05) is 0 Å². The van der Waals surface area contributed by atoms with Crippen LogP contribution in [0.4, 0.5) is 0 Å². The number of hydrogen-bond acceptors (Lipinski definition) is 2. The molecule has 1 heterocycles. The van der Waals surface area contributed by atoms with E-state index in [0.29, 0.717) is 0 Å². The third kappa shape index (κ3) is 0.789. The summed E-state index contributed by atoms with van der Waals surface area (Å²) < 4.78 is 0. The Hall–Kier alpha value is -0.960. The van der Waals surface area contributed by atoms with Gasteiger partial charge in [0.1, 0.15) is 0 Å². The average Bonchev–Trinajstić information content (AvgIpc) is 2.33. The van der Waals surface area contributed by atoms with E-state index in [1.54, 1.807) is 0 Å². The Balaban J connectivity index is 2.86. The lowest BCUT2D eigenvalue weighted by Gasteiger charge is -1.88. The van der Waals surface area contributed by atoms with E-state index in [1.807, 2.05) is 18.2 Å². The van der Waals surface area contributed by atoms with Gasteiger partial charge in [-0.2, -0.15) is 0 Å². The molecule has 0 fully saturated rings. The highest BCUT2D eigenvalue weighted by Gasteiger charge is 1.93. The van der Waals surface area contributed by atoms with E-state index >= 15 is 0 Å². The SMILES string of the molecule is Sc1ccc2[nH][c]nc2c1. The maximum Gasteiger partial charge on any atom is 0.174 e. The summed E-state index contributed by atoms with van der Waals surface area (Å²) in [6, 6.07) is 5.74. The smallest absolute Gasteiger partial charge is 0.174 e. The molecule has 0 bridgehead atoms. The molecule has 2 nitrogen and oxygen atoms in total. The van der Waals surface area contributed by atoms with Gasteiger partial charge in [0.15, 0.2) is 6.33 Å². The fourth-order valence-electron chi connectivity index (χ4n) is 0.867. The van der Waals surface area contributed by atoms with Crippen molar-refractivity contribution in [1.29, 1.82) is 0 Å². The Labute approximate surface area is 63.7 Å². The molecule has 0 amide bonds. The highest BCUT2D eigenvalue weighted by molar-refractivity contribution is 7.80. The summed E-state index contributed by atoms with van der Waals surface area (Å²) in [4.78, 5) is 7.75. The number of hydrogen-bond donors (Lipinski definition) is 2. The highest BCUT2D eigenvalue weighted by Crippen LogP contribution is 2.13. The van der Waals surface area contributed by atoms with E-state index in [2.05, 4.69) is 28.9 Å². The average molecular weight is 149 g/mol. The number of aromatic nitrogens is 2. The van der Waals surface area contributed by atoms with Gasteiger partial charge in [-0.25, -0.2) is 4.98 Å². The van der Waals surface area contributed by atoms with Crippen molar-refractivity contribution < 1.29 is 0 Å². The van der Waals surface area contributed by atoms with Gasteiger partial charge in [0.05, 0.1) is 11.0 Å². The van der Waals surface area contributed by atoms with Crippen LogP contribution in [0.5, 0.6) is 0 Å². The topological polar surface area (TPSA) is 28.7 Å². The number of nitrogens with one attached hydrogen (secondary N) is 1. The zero-order valence-electron chi connectivity index (χ0n) is 5.13. The lowest BCUT2D eigenvalue weighted by atomic mass is 10.3. The number of benzene rings is 1. The molecule has 10 heavy (non-hydrogen) atoms. The Kier molecular flexibility index (Phi) is 1.17. The lowest BCUT2D eigenvalue weighted by molar-refractivity contribution is 1.32. The van der Waals surface area contributed by atoms with Gasteiger partial charge in [-0.1, -0.05) is 0 Å². The molecule has 1 radical (unpaired) electrons. The van der Waals surface area contributed by atoms with Crippen LogP contribution in [0.3, 0.4) is 0 Å². The molecule has 3 heteroatoms. The van der Waals surface area contributed by atoms with Crippen molar-refractivity contribution in [2.45, 2.75) is 4.90 Å². The monoisotopic (exact) mass is 149 g/mol. The van der Waals surface area contributed by atoms with E-state index in [0.717, 1.165) is 15.9 Å². The standard InChI is InChI=1S/C7H5N2S/c10-5-1-2-6-7(3-5)9-4-8-6/h1-3,10H,(H,8,9). The zero-order valence-corrected chi connectivity index (χ0v) is 6.02. The fourth-order valence-corrected chi connectivity index (χ4v) is 1.06. The third-order valence-corrected chi connectivity index (χ3v) is 1.63. The number of H-pyrrole nitrogens is 1. The normalized spacial score (nSPS) is 10.5. The molecular formula is C7H5N2S. The molecule has 0 aliphatic carbocycles.